The molecule has 0 saturated carbocycles. The standard InChI is InChI=1S/C52H62Cl2N10O6.2H2/c1-33-11-5-7-27-63(33)29-9-25-55-49(67)37-13-19-41(20-14-37)57-51(69)47(35(3)65)61-59-45-23-17-39(31-43(45)53)40-18-24-46(44(54)32-40)60-62-48(36(4)66)52(70)58-42-21-15-38(16-22-42)50(68)56-26-10-30-64-28-8-6-12-34(64)2;;/h13-24,31-34,47-48H,5-12,25-30H2,1-4H3,(H,55,67)(H,56,68)(H,57,69)(H,58,70);2*1H. The topological polar surface area (TPSA) is 206 Å². The summed E-state index contributed by atoms with van der Waals surface area (Å²) in [6, 6.07) is 20.7. The Balaban J connectivity index is 0.00000562. The van der Waals surface area contributed by atoms with Gasteiger partial charge in [0.2, 0.25) is 12.1 Å². The Kier molecular flexibility index (Phi) is 19.8. The van der Waals surface area contributed by atoms with E-state index in [9.17, 15) is 28.8 Å². The van der Waals surface area contributed by atoms with Crippen molar-refractivity contribution in [3.8, 4) is 11.1 Å². The van der Waals surface area contributed by atoms with Crippen LogP contribution in [0.3, 0.4) is 0 Å². The molecule has 0 bridgehead atoms. The average Bonchev–Trinajstić information content (AvgIpc) is 3.34. The molecule has 2 aliphatic rings. The van der Waals surface area contributed by atoms with Gasteiger partial charge in [0.05, 0.1) is 10.0 Å². The Labute approximate surface area is 422 Å². The summed E-state index contributed by atoms with van der Waals surface area (Å²) in [5, 5.41) is 27.9. The molecule has 2 heterocycles. The van der Waals surface area contributed by atoms with Crippen LogP contribution in [0.2, 0.25) is 10.0 Å². The summed E-state index contributed by atoms with van der Waals surface area (Å²) in [5.41, 5.74) is 3.35. The normalized spacial score (nSPS) is 17.5. The van der Waals surface area contributed by atoms with Crippen LogP contribution < -0.4 is 21.3 Å². The van der Waals surface area contributed by atoms with Crippen molar-refractivity contribution in [3.63, 3.8) is 0 Å². The van der Waals surface area contributed by atoms with E-state index in [0.29, 0.717) is 58.8 Å². The minimum Gasteiger partial charge on any atom is -0.352 e. The molecule has 4 N–H and O–H groups in total. The summed E-state index contributed by atoms with van der Waals surface area (Å²) in [5.74, 6) is -2.90. The number of benzene rings is 4. The van der Waals surface area contributed by atoms with Gasteiger partial charge >= 0.3 is 0 Å². The number of Topliss-reactive ketones (excluding diaryl/α,β-unsaturated/α-hetero) is 2. The number of azo groups is 2. The number of nitrogens with zero attached hydrogens (tertiary/aromatic N) is 6. The highest BCUT2D eigenvalue weighted by Crippen LogP contribution is 2.35. The lowest BCUT2D eigenvalue weighted by Crippen LogP contribution is -2.39. The zero-order valence-electron chi connectivity index (χ0n) is 40.2. The zero-order valence-corrected chi connectivity index (χ0v) is 41.7. The molecule has 2 saturated heterocycles. The Morgan fingerprint density at radius 2 is 0.971 bits per heavy atom. The lowest BCUT2D eigenvalue weighted by molar-refractivity contribution is -0.127. The number of piperidine rings is 2. The van der Waals surface area contributed by atoms with Gasteiger partial charge in [0, 0.05) is 63.6 Å². The Morgan fingerprint density at radius 1 is 0.586 bits per heavy atom. The summed E-state index contributed by atoms with van der Waals surface area (Å²) < 4.78 is 0. The number of amides is 4. The van der Waals surface area contributed by atoms with Crippen LogP contribution in [0.5, 0.6) is 0 Å². The highest BCUT2D eigenvalue weighted by Gasteiger charge is 2.26. The molecule has 0 radical (unpaired) electrons. The van der Waals surface area contributed by atoms with Gasteiger partial charge in [-0.2, -0.15) is 20.5 Å². The SMILES string of the molecule is CC(=O)C(N=Nc1ccc(-c2ccc(N=NC(C(C)=O)C(=O)Nc3ccc(C(=O)NCCCN4CCCCC4C)cc3)c(Cl)c2)cc1Cl)C(=O)Nc1ccc(C(=O)NCCCN2CCCCC2C)cc1.[HH].[HH]. The predicted octanol–water partition coefficient (Wildman–Crippen LogP) is 10.5. The molecule has 2 aliphatic heterocycles. The van der Waals surface area contributed by atoms with E-state index < -0.39 is 35.5 Å². The second kappa shape index (κ2) is 26.1. The van der Waals surface area contributed by atoms with Crippen molar-refractivity contribution >= 4 is 81.1 Å². The molecular weight excluding hydrogens is 932 g/mol. The molecule has 6 rings (SSSR count). The quantitative estimate of drug-likeness (QED) is 0.0358. The van der Waals surface area contributed by atoms with Crippen molar-refractivity contribution < 1.29 is 31.6 Å². The fourth-order valence-electron chi connectivity index (χ4n) is 8.39. The molecule has 0 aromatic heterocycles. The molecule has 0 spiro atoms. The molecule has 70 heavy (non-hydrogen) atoms. The van der Waals surface area contributed by atoms with Crippen molar-refractivity contribution in [1.29, 1.82) is 0 Å². The number of hydrogen-bond acceptors (Lipinski definition) is 12. The maximum absolute atomic E-state index is 13.2. The van der Waals surface area contributed by atoms with E-state index in [1.807, 2.05) is 0 Å². The molecule has 16 nitrogen and oxygen atoms in total. The van der Waals surface area contributed by atoms with Crippen LogP contribution in [0, 0.1) is 0 Å². The molecule has 4 amide bonds. The van der Waals surface area contributed by atoms with Crippen LogP contribution in [-0.2, 0) is 19.2 Å². The number of hydrogen-bond donors (Lipinski definition) is 4. The minimum atomic E-state index is -1.46. The summed E-state index contributed by atoms with van der Waals surface area (Å²) >= 11 is 13.2. The lowest BCUT2D eigenvalue weighted by atomic mass is 10.0. The first-order valence-corrected chi connectivity index (χ1v) is 24.7. The van der Waals surface area contributed by atoms with Crippen LogP contribution in [0.1, 0.15) is 103 Å². The summed E-state index contributed by atoms with van der Waals surface area (Å²) in [4.78, 5) is 81.7. The molecule has 4 atom stereocenters. The van der Waals surface area contributed by atoms with Gasteiger partial charge in [0.25, 0.3) is 23.6 Å². The van der Waals surface area contributed by atoms with Crippen LogP contribution in [0.25, 0.3) is 11.1 Å². The fraction of sp³-hybridized carbons (Fsp3) is 0.423. The molecule has 4 aromatic carbocycles. The molecular formula is C52H66Cl2N10O6. The number of carbonyl (C=O) groups is 6. The van der Waals surface area contributed by atoms with Gasteiger partial charge in [-0.1, -0.05) is 48.2 Å². The van der Waals surface area contributed by atoms with Gasteiger partial charge in [-0.25, -0.2) is 0 Å². The maximum atomic E-state index is 13.2. The largest absolute Gasteiger partial charge is 0.352 e. The lowest BCUT2D eigenvalue weighted by Gasteiger charge is -2.33. The Morgan fingerprint density at radius 3 is 1.31 bits per heavy atom. The van der Waals surface area contributed by atoms with E-state index in [-0.39, 0.29) is 36.1 Å². The second-order valence-corrected chi connectivity index (χ2v) is 18.7. The number of nitrogens with one attached hydrogen (secondary N) is 4. The Hall–Kier alpha value is -6.20. The molecule has 4 unspecified atom stereocenters. The molecule has 4 aromatic rings. The fourth-order valence-corrected chi connectivity index (χ4v) is 8.83. The molecule has 374 valence electrons. The maximum Gasteiger partial charge on any atom is 0.258 e. The van der Waals surface area contributed by atoms with E-state index in [1.54, 1.807) is 84.9 Å². The predicted molar refractivity (Wildman–Crippen MR) is 278 cm³/mol. The van der Waals surface area contributed by atoms with Gasteiger partial charge in [0.15, 0.2) is 11.6 Å². The summed E-state index contributed by atoms with van der Waals surface area (Å²) in [6.07, 6.45) is 9.10. The van der Waals surface area contributed by atoms with Crippen molar-refractivity contribution in [2.45, 2.75) is 103 Å². The smallest absolute Gasteiger partial charge is 0.258 e. The number of halogens is 2. The average molecular weight is 998 g/mol. The highest BCUT2D eigenvalue weighted by atomic mass is 35.5. The number of ketones is 2. The third kappa shape index (κ3) is 15.4. The first-order chi connectivity index (χ1) is 33.7. The van der Waals surface area contributed by atoms with E-state index in [1.165, 1.54) is 52.4 Å². The van der Waals surface area contributed by atoms with Crippen molar-refractivity contribution in [1.82, 2.24) is 20.4 Å². The number of likely N-dealkylation sites (tertiary alicyclic amines) is 2. The van der Waals surface area contributed by atoms with E-state index >= 15 is 0 Å². The summed E-state index contributed by atoms with van der Waals surface area (Å²) in [6.45, 7) is 12.2. The van der Waals surface area contributed by atoms with Gasteiger partial charge in [-0.15, -0.1) is 0 Å². The van der Waals surface area contributed by atoms with E-state index in [4.69, 9.17) is 23.2 Å². The zero-order chi connectivity index (χ0) is 50.2. The van der Waals surface area contributed by atoms with Gasteiger partial charge < -0.3 is 31.1 Å². The summed E-state index contributed by atoms with van der Waals surface area (Å²) in [7, 11) is 0. The van der Waals surface area contributed by atoms with Crippen molar-refractivity contribution in [2.24, 2.45) is 20.5 Å². The van der Waals surface area contributed by atoms with Crippen LogP contribution in [-0.4, -0.2) is 108 Å². The second-order valence-electron chi connectivity index (χ2n) is 17.9. The van der Waals surface area contributed by atoms with E-state index in [2.05, 4.69) is 65.4 Å². The number of rotatable bonds is 21. The molecule has 18 heteroatoms. The van der Waals surface area contributed by atoms with Crippen molar-refractivity contribution in [3.05, 3.63) is 106 Å². The van der Waals surface area contributed by atoms with Gasteiger partial charge in [0.1, 0.15) is 11.4 Å². The van der Waals surface area contributed by atoms with E-state index in [0.717, 1.165) is 39.0 Å². The number of anilines is 2. The third-order valence-electron chi connectivity index (χ3n) is 12.6. The minimum absolute atomic E-state index is 0. The van der Waals surface area contributed by atoms with Gasteiger partial charge in [-0.3, -0.25) is 28.8 Å². The van der Waals surface area contributed by atoms with Crippen LogP contribution in [0.4, 0.5) is 22.7 Å². The molecule has 0 aliphatic carbocycles. The van der Waals surface area contributed by atoms with Gasteiger partial charge in [-0.05, 0) is 163 Å². The highest BCUT2D eigenvalue weighted by molar-refractivity contribution is 6.34. The van der Waals surface area contributed by atoms with Crippen LogP contribution in [0.15, 0.2) is 105 Å². The third-order valence-corrected chi connectivity index (χ3v) is 13.2. The Bertz CT molecular complexity index is 2390. The monoisotopic (exact) mass is 996 g/mol. The first kappa shape index (κ1) is 53.2. The molecule has 2 fully saturated rings. The number of carbonyl (C=O) groups excluding carboxylic acids is 6. The van der Waals surface area contributed by atoms with Crippen molar-refractivity contribution in [2.75, 3.05) is 49.9 Å². The van der Waals surface area contributed by atoms with Crippen LogP contribution >= 0.6 is 23.2 Å². The first-order valence-electron chi connectivity index (χ1n) is 23.9.